The molecule has 0 atom stereocenters. The Hall–Kier alpha value is -2.30. The molecule has 0 unspecified atom stereocenters. The van der Waals surface area contributed by atoms with Gasteiger partial charge in [0.05, 0.1) is 0 Å². The molecule has 5 heteroatoms. The number of benzene rings is 1. The highest BCUT2D eigenvalue weighted by atomic mass is 16.7. The molecule has 2 aromatic rings. The molecule has 1 aromatic carbocycles. The van der Waals surface area contributed by atoms with E-state index in [1.54, 1.807) is 12.1 Å². The fraction of sp³-hybridized carbons (Fsp3) is 0. The monoisotopic (exact) mass is 206 g/mol. The Bertz CT molecular complexity index is 569. The molecule has 0 aliphatic carbocycles. The van der Waals surface area contributed by atoms with E-state index in [2.05, 4.69) is 4.74 Å². The third kappa shape index (κ3) is 1.96. The van der Waals surface area contributed by atoms with Gasteiger partial charge in [-0.05, 0) is 18.2 Å². The normalized spacial score (nSPS) is 10.1. The first-order valence-corrected chi connectivity index (χ1v) is 4.10. The van der Waals surface area contributed by atoms with Crippen molar-refractivity contribution in [1.29, 1.82) is 0 Å². The Morgan fingerprint density at radius 3 is 2.73 bits per heavy atom. The molecule has 0 amide bonds. The molecule has 1 N–H and O–H groups in total. The Morgan fingerprint density at radius 2 is 2.00 bits per heavy atom. The lowest BCUT2D eigenvalue weighted by atomic mass is 10.2. The number of hydrogen-bond acceptors (Lipinski definition) is 4. The van der Waals surface area contributed by atoms with E-state index in [1.807, 2.05) is 0 Å². The molecule has 0 aliphatic rings. The van der Waals surface area contributed by atoms with Crippen LogP contribution in [0.4, 0.5) is 4.79 Å². The summed E-state index contributed by atoms with van der Waals surface area (Å²) in [6, 6.07) is 7.32. The lowest BCUT2D eigenvalue weighted by Gasteiger charge is -2.00. The molecule has 15 heavy (non-hydrogen) atoms. The van der Waals surface area contributed by atoms with Gasteiger partial charge in [-0.15, -0.1) is 0 Å². The average molecular weight is 206 g/mol. The molecule has 1 heterocycles. The third-order valence-corrected chi connectivity index (χ3v) is 1.80. The molecular formula is C10H6O5. The number of carbonyl (C=O) groups is 1. The van der Waals surface area contributed by atoms with Crippen LogP contribution in [0.5, 0.6) is 5.75 Å². The highest BCUT2D eigenvalue weighted by Gasteiger charge is 2.03. The Balaban J connectivity index is 2.54. The van der Waals surface area contributed by atoms with E-state index in [0.717, 1.165) is 0 Å². The maximum atomic E-state index is 10.9. The van der Waals surface area contributed by atoms with Crippen molar-refractivity contribution in [1.82, 2.24) is 0 Å². The SMILES string of the molecule is O=C(O)Oc1ccc2ccc(=O)oc2c1. The topological polar surface area (TPSA) is 76.7 Å². The molecule has 0 radical (unpaired) electrons. The van der Waals surface area contributed by atoms with Crippen molar-refractivity contribution in [2.45, 2.75) is 0 Å². The van der Waals surface area contributed by atoms with Crippen LogP contribution < -0.4 is 10.4 Å². The lowest BCUT2D eigenvalue weighted by Crippen LogP contribution is -2.03. The van der Waals surface area contributed by atoms with E-state index in [-0.39, 0.29) is 5.75 Å². The average Bonchev–Trinajstić information content (AvgIpc) is 2.16. The van der Waals surface area contributed by atoms with Crippen molar-refractivity contribution in [2.24, 2.45) is 0 Å². The zero-order valence-electron chi connectivity index (χ0n) is 7.47. The lowest BCUT2D eigenvalue weighted by molar-refractivity contribution is 0.144. The van der Waals surface area contributed by atoms with Crippen LogP contribution >= 0.6 is 0 Å². The fourth-order valence-electron chi connectivity index (χ4n) is 1.21. The zero-order chi connectivity index (χ0) is 10.8. The maximum Gasteiger partial charge on any atom is 0.511 e. The van der Waals surface area contributed by atoms with Gasteiger partial charge in [-0.25, -0.2) is 9.59 Å². The third-order valence-electron chi connectivity index (χ3n) is 1.80. The molecule has 2 rings (SSSR count). The molecular weight excluding hydrogens is 200 g/mol. The summed E-state index contributed by atoms with van der Waals surface area (Å²) in [5, 5.41) is 9.08. The first-order valence-electron chi connectivity index (χ1n) is 4.10. The van der Waals surface area contributed by atoms with Crippen molar-refractivity contribution in [3.63, 3.8) is 0 Å². The fourth-order valence-corrected chi connectivity index (χ4v) is 1.21. The molecule has 0 saturated heterocycles. The van der Waals surface area contributed by atoms with Gasteiger partial charge < -0.3 is 14.3 Å². The number of fused-ring (bicyclic) bond motifs is 1. The predicted molar refractivity (Wildman–Crippen MR) is 51.1 cm³/mol. The van der Waals surface area contributed by atoms with Gasteiger partial charge in [0.25, 0.3) is 0 Å². The van der Waals surface area contributed by atoms with Crippen molar-refractivity contribution in [3.05, 3.63) is 40.8 Å². The molecule has 5 nitrogen and oxygen atoms in total. The van der Waals surface area contributed by atoms with E-state index in [4.69, 9.17) is 9.52 Å². The zero-order valence-corrected chi connectivity index (χ0v) is 7.47. The minimum Gasteiger partial charge on any atom is -0.449 e. The second-order valence-corrected chi connectivity index (χ2v) is 2.82. The second-order valence-electron chi connectivity index (χ2n) is 2.82. The van der Waals surface area contributed by atoms with Gasteiger partial charge in [-0.1, -0.05) is 0 Å². The standard InChI is InChI=1S/C10H6O5/c11-9-4-2-6-1-3-7(14-10(12)13)5-8(6)15-9/h1-5H,(H,12,13). The molecule has 76 valence electrons. The second kappa shape index (κ2) is 3.45. The van der Waals surface area contributed by atoms with Crippen LogP contribution in [-0.2, 0) is 0 Å². The van der Waals surface area contributed by atoms with Crippen molar-refractivity contribution in [3.8, 4) is 5.75 Å². The van der Waals surface area contributed by atoms with Gasteiger partial charge in [0.15, 0.2) is 0 Å². The molecule has 1 aromatic heterocycles. The Labute approximate surface area is 83.5 Å². The summed E-state index contributed by atoms with van der Waals surface area (Å²) in [4.78, 5) is 21.2. The first kappa shape index (κ1) is 9.26. The van der Waals surface area contributed by atoms with E-state index in [0.29, 0.717) is 11.0 Å². The quantitative estimate of drug-likeness (QED) is 0.437. The Kier molecular flexibility index (Phi) is 2.13. The summed E-state index contributed by atoms with van der Waals surface area (Å²) in [5.74, 6) is 0.115. The van der Waals surface area contributed by atoms with E-state index < -0.39 is 11.8 Å². The summed E-state index contributed by atoms with van der Waals surface area (Å²) < 4.78 is 9.27. The van der Waals surface area contributed by atoms with E-state index in [1.165, 1.54) is 18.2 Å². The minimum absolute atomic E-state index is 0.115. The molecule has 0 spiro atoms. The van der Waals surface area contributed by atoms with Crippen molar-refractivity contribution < 1.29 is 19.1 Å². The van der Waals surface area contributed by atoms with Crippen LogP contribution in [0.2, 0.25) is 0 Å². The minimum atomic E-state index is -1.41. The van der Waals surface area contributed by atoms with Crippen LogP contribution in [0, 0.1) is 0 Å². The van der Waals surface area contributed by atoms with Crippen LogP contribution in [0.15, 0.2) is 39.5 Å². The maximum absolute atomic E-state index is 10.9. The predicted octanol–water partition coefficient (Wildman–Crippen LogP) is 1.85. The van der Waals surface area contributed by atoms with Gasteiger partial charge in [0.1, 0.15) is 11.3 Å². The van der Waals surface area contributed by atoms with Crippen LogP contribution in [0.3, 0.4) is 0 Å². The van der Waals surface area contributed by atoms with Gasteiger partial charge >= 0.3 is 11.8 Å². The number of rotatable bonds is 1. The highest BCUT2D eigenvalue weighted by Crippen LogP contribution is 2.19. The van der Waals surface area contributed by atoms with Gasteiger partial charge in [0.2, 0.25) is 0 Å². The van der Waals surface area contributed by atoms with Crippen LogP contribution in [0.25, 0.3) is 11.0 Å². The smallest absolute Gasteiger partial charge is 0.449 e. The molecule has 0 saturated carbocycles. The molecule has 0 aliphatic heterocycles. The first-order chi connectivity index (χ1) is 7.15. The van der Waals surface area contributed by atoms with E-state index in [9.17, 15) is 9.59 Å². The van der Waals surface area contributed by atoms with E-state index >= 15 is 0 Å². The molecule has 0 fully saturated rings. The number of hydrogen-bond donors (Lipinski definition) is 1. The summed E-state index contributed by atoms with van der Waals surface area (Å²) in [5.41, 5.74) is -0.198. The highest BCUT2D eigenvalue weighted by molar-refractivity contribution is 5.78. The van der Waals surface area contributed by atoms with Crippen LogP contribution in [-0.4, -0.2) is 11.3 Å². The van der Waals surface area contributed by atoms with Crippen molar-refractivity contribution >= 4 is 17.1 Å². The number of carboxylic acid groups (broad SMARTS) is 1. The molecule has 0 bridgehead atoms. The summed E-state index contributed by atoms with van der Waals surface area (Å²) >= 11 is 0. The summed E-state index contributed by atoms with van der Waals surface area (Å²) in [7, 11) is 0. The summed E-state index contributed by atoms with van der Waals surface area (Å²) in [6.07, 6.45) is -1.41. The summed E-state index contributed by atoms with van der Waals surface area (Å²) in [6.45, 7) is 0. The Morgan fingerprint density at radius 1 is 1.27 bits per heavy atom. The van der Waals surface area contributed by atoms with Gasteiger partial charge in [0, 0.05) is 17.5 Å². The largest absolute Gasteiger partial charge is 0.511 e. The van der Waals surface area contributed by atoms with Gasteiger partial charge in [-0.2, -0.15) is 0 Å². The van der Waals surface area contributed by atoms with Crippen molar-refractivity contribution in [2.75, 3.05) is 0 Å². The number of ether oxygens (including phenoxy) is 1. The van der Waals surface area contributed by atoms with Gasteiger partial charge in [-0.3, -0.25) is 0 Å². The van der Waals surface area contributed by atoms with Crippen LogP contribution in [0.1, 0.15) is 0 Å².